The second-order valence-corrected chi connectivity index (χ2v) is 7.50. The van der Waals surface area contributed by atoms with E-state index in [0.29, 0.717) is 16.1 Å². The molecule has 4 rings (SSSR count). The van der Waals surface area contributed by atoms with Gasteiger partial charge in [-0.3, -0.25) is 4.79 Å². The normalized spacial score (nSPS) is 13.0. The number of aromatic amines is 1. The summed E-state index contributed by atoms with van der Waals surface area (Å²) in [6, 6.07) is 9.58. The number of aromatic nitrogens is 1. The predicted molar refractivity (Wildman–Crippen MR) is 103 cm³/mol. The molecule has 0 fully saturated rings. The standard InChI is InChI=1S/C20H17N3O3S/c21-9-14-13-6-2-4-8-17(13)27-19(14)23-18(24)11-26-20(25)15-10-22-16-7-3-1-5-12(15)16/h1,3,5,7,10,22H,2,4,6,8,11H2,(H,23,24). The molecule has 7 heteroatoms. The van der Waals surface area contributed by atoms with E-state index in [1.807, 2.05) is 24.3 Å². The van der Waals surface area contributed by atoms with E-state index in [-0.39, 0.29) is 0 Å². The Morgan fingerprint density at radius 1 is 1.26 bits per heavy atom. The molecule has 27 heavy (non-hydrogen) atoms. The van der Waals surface area contributed by atoms with Crippen LogP contribution in [0.2, 0.25) is 0 Å². The number of anilines is 1. The van der Waals surface area contributed by atoms with E-state index in [0.717, 1.165) is 42.1 Å². The van der Waals surface area contributed by atoms with Crippen LogP contribution >= 0.6 is 11.3 Å². The van der Waals surface area contributed by atoms with E-state index >= 15 is 0 Å². The van der Waals surface area contributed by atoms with Crippen LogP contribution in [0.15, 0.2) is 30.5 Å². The molecule has 0 saturated carbocycles. The molecule has 1 aliphatic rings. The average molecular weight is 379 g/mol. The number of esters is 1. The van der Waals surface area contributed by atoms with Gasteiger partial charge in [0.25, 0.3) is 5.91 Å². The Morgan fingerprint density at radius 2 is 2.07 bits per heavy atom. The summed E-state index contributed by atoms with van der Waals surface area (Å²) in [6.07, 6.45) is 5.56. The fourth-order valence-corrected chi connectivity index (χ4v) is 4.64. The van der Waals surface area contributed by atoms with Crippen molar-refractivity contribution in [3.05, 3.63) is 52.0 Å². The van der Waals surface area contributed by atoms with Crippen molar-refractivity contribution >= 4 is 39.1 Å². The molecule has 136 valence electrons. The summed E-state index contributed by atoms with van der Waals surface area (Å²) in [5.74, 6) is -1.01. The predicted octanol–water partition coefficient (Wildman–Crippen LogP) is 3.78. The van der Waals surface area contributed by atoms with E-state index in [1.165, 1.54) is 16.2 Å². The number of thiophene rings is 1. The Bertz CT molecular complexity index is 1070. The number of amides is 1. The number of ether oxygens (including phenoxy) is 1. The quantitative estimate of drug-likeness (QED) is 0.675. The third-order valence-electron chi connectivity index (χ3n) is 4.68. The van der Waals surface area contributed by atoms with Gasteiger partial charge in [0.15, 0.2) is 6.61 Å². The van der Waals surface area contributed by atoms with Crippen LogP contribution < -0.4 is 5.32 Å². The number of rotatable bonds is 4. The maximum Gasteiger partial charge on any atom is 0.340 e. The number of hydrogen-bond donors (Lipinski definition) is 2. The number of nitrogens with one attached hydrogen (secondary N) is 2. The summed E-state index contributed by atoms with van der Waals surface area (Å²) in [5.41, 5.74) is 2.82. The van der Waals surface area contributed by atoms with Gasteiger partial charge in [-0.05, 0) is 37.3 Å². The van der Waals surface area contributed by atoms with Crippen molar-refractivity contribution in [3.63, 3.8) is 0 Å². The van der Waals surface area contributed by atoms with Crippen LogP contribution in [-0.4, -0.2) is 23.5 Å². The van der Waals surface area contributed by atoms with Crippen molar-refractivity contribution in [1.82, 2.24) is 4.98 Å². The van der Waals surface area contributed by atoms with Gasteiger partial charge in [-0.1, -0.05) is 18.2 Å². The minimum atomic E-state index is -0.561. The number of carbonyl (C=O) groups is 2. The van der Waals surface area contributed by atoms with Crippen molar-refractivity contribution in [2.24, 2.45) is 0 Å². The molecule has 0 radical (unpaired) electrons. The van der Waals surface area contributed by atoms with E-state index in [9.17, 15) is 14.9 Å². The van der Waals surface area contributed by atoms with E-state index in [2.05, 4.69) is 16.4 Å². The highest BCUT2D eigenvalue weighted by molar-refractivity contribution is 7.16. The molecule has 0 aliphatic heterocycles. The fraction of sp³-hybridized carbons (Fsp3) is 0.250. The first kappa shape index (κ1) is 17.3. The van der Waals surface area contributed by atoms with Gasteiger partial charge in [0, 0.05) is 22.0 Å². The molecule has 1 aliphatic carbocycles. The van der Waals surface area contributed by atoms with Crippen molar-refractivity contribution in [1.29, 1.82) is 5.26 Å². The molecule has 3 aromatic rings. The maximum atomic E-state index is 12.3. The van der Waals surface area contributed by atoms with Gasteiger partial charge in [0.2, 0.25) is 0 Å². The second-order valence-electron chi connectivity index (χ2n) is 6.40. The van der Waals surface area contributed by atoms with Gasteiger partial charge >= 0.3 is 5.97 Å². The summed E-state index contributed by atoms with van der Waals surface area (Å²) >= 11 is 1.45. The Morgan fingerprint density at radius 3 is 2.93 bits per heavy atom. The van der Waals surface area contributed by atoms with Crippen LogP contribution in [0.1, 0.15) is 39.2 Å². The number of nitrogens with zero attached hydrogens (tertiary/aromatic N) is 1. The monoisotopic (exact) mass is 379 g/mol. The third-order valence-corrected chi connectivity index (χ3v) is 5.89. The summed E-state index contributed by atoms with van der Waals surface area (Å²) in [5, 5.41) is 13.5. The number of carbonyl (C=O) groups excluding carboxylic acids is 2. The minimum absolute atomic E-state index is 0.391. The first-order valence-corrected chi connectivity index (χ1v) is 9.56. The van der Waals surface area contributed by atoms with Crippen LogP contribution in [-0.2, 0) is 22.4 Å². The molecule has 0 atom stereocenters. The fourth-order valence-electron chi connectivity index (χ4n) is 3.38. The first-order chi connectivity index (χ1) is 13.2. The van der Waals surface area contributed by atoms with Crippen molar-refractivity contribution < 1.29 is 14.3 Å². The zero-order valence-corrected chi connectivity index (χ0v) is 15.3. The smallest absolute Gasteiger partial charge is 0.340 e. The molecule has 2 N–H and O–H groups in total. The summed E-state index contributed by atoms with van der Waals surface area (Å²) < 4.78 is 5.15. The molecular weight excluding hydrogens is 362 g/mol. The van der Waals surface area contributed by atoms with Crippen LogP contribution in [0, 0.1) is 11.3 Å². The molecule has 2 aromatic heterocycles. The highest BCUT2D eigenvalue weighted by atomic mass is 32.1. The minimum Gasteiger partial charge on any atom is -0.452 e. The number of aryl methyl sites for hydroxylation is 1. The van der Waals surface area contributed by atoms with Crippen molar-refractivity contribution in [2.45, 2.75) is 25.7 Å². The molecule has 0 spiro atoms. The number of fused-ring (bicyclic) bond motifs is 2. The second kappa shape index (κ2) is 7.25. The molecule has 0 saturated heterocycles. The van der Waals surface area contributed by atoms with E-state index in [4.69, 9.17) is 4.74 Å². The van der Waals surface area contributed by atoms with Gasteiger partial charge in [-0.15, -0.1) is 11.3 Å². The Kier molecular flexibility index (Phi) is 4.65. The van der Waals surface area contributed by atoms with Crippen LogP contribution in [0.5, 0.6) is 0 Å². The number of benzene rings is 1. The lowest BCUT2D eigenvalue weighted by atomic mass is 9.96. The van der Waals surface area contributed by atoms with Gasteiger partial charge < -0.3 is 15.0 Å². The number of hydrogen-bond acceptors (Lipinski definition) is 5. The zero-order chi connectivity index (χ0) is 18.8. The van der Waals surface area contributed by atoms with Crippen LogP contribution in [0.3, 0.4) is 0 Å². The highest BCUT2D eigenvalue weighted by Gasteiger charge is 2.22. The Balaban J connectivity index is 1.42. The van der Waals surface area contributed by atoms with Crippen LogP contribution in [0.25, 0.3) is 10.9 Å². The van der Waals surface area contributed by atoms with Gasteiger partial charge in [0.05, 0.1) is 11.1 Å². The van der Waals surface area contributed by atoms with Crippen molar-refractivity contribution in [2.75, 3.05) is 11.9 Å². The summed E-state index contributed by atoms with van der Waals surface area (Å²) in [7, 11) is 0. The topological polar surface area (TPSA) is 95.0 Å². The number of H-pyrrole nitrogens is 1. The van der Waals surface area contributed by atoms with E-state index < -0.39 is 18.5 Å². The van der Waals surface area contributed by atoms with Gasteiger partial charge in [-0.2, -0.15) is 5.26 Å². The lowest BCUT2D eigenvalue weighted by Gasteiger charge is -2.09. The molecule has 1 amide bonds. The SMILES string of the molecule is N#Cc1c(NC(=O)COC(=O)c2c[nH]c3ccccc23)sc2c1CCCC2. The summed E-state index contributed by atoms with van der Waals surface area (Å²) in [6.45, 7) is -0.397. The molecular formula is C20H17N3O3S. The lowest BCUT2D eigenvalue weighted by Crippen LogP contribution is -2.20. The summed E-state index contributed by atoms with van der Waals surface area (Å²) in [4.78, 5) is 28.7. The zero-order valence-electron chi connectivity index (χ0n) is 14.5. The lowest BCUT2D eigenvalue weighted by molar-refractivity contribution is -0.119. The van der Waals surface area contributed by atoms with E-state index in [1.54, 1.807) is 6.20 Å². The maximum absolute atomic E-state index is 12.3. The van der Waals surface area contributed by atoms with Crippen molar-refractivity contribution in [3.8, 4) is 6.07 Å². The third kappa shape index (κ3) is 3.32. The number of nitriles is 1. The Labute approximate surface area is 159 Å². The molecule has 6 nitrogen and oxygen atoms in total. The molecule has 2 heterocycles. The molecule has 0 bridgehead atoms. The van der Waals surface area contributed by atoms with Gasteiger partial charge in [-0.25, -0.2) is 4.79 Å². The average Bonchev–Trinajstić information content (AvgIpc) is 3.27. The molecule has 0 unspecified atom stereocenters. The van der Waals surface area contributed by atoms with Crippen LogP contribution in [0.4, 0.5) is 5.00 Å². The van der Waals surface area contributed by atoms with Gasteiger partial charge in [0.1, 0.15) is 11.1 Å². The molecule has 1 aromatic carbocycles. The highest BCUT2D eigenvalue weighted by Crippen LogP contribution is 2.37. The largest absolute Gasteiger partial charge is 0.452 e. The number of para-hydroxylation sites is 1. The Hall–Kier alpha value is -3.11. The first-order valence-electron chi connectivity index (χ1n) is 8.75.